The van der Waals surface area contributed by atoms with E-state index in [1.165, 1.54) is 12.1 Å². The molecule has 1 aromatic carbocycles. The van der Waals surface area contributed by atoms with E-state index in [0.717, 1.165) is 10.4 Å². The summed E-state index contributed by atoms with van der Waals surface area (Å²) in [6, 6.07) is 10.5. The molecule has 0 unspecified atom stereocenters. The van der Waals surface area contributed by atoms with Crippen LogP contribution in [0, 0.1) is 0 Å². The molecule has 2 rings (SSSR count). The zero-order chi connectivity index (χ0) is 12.3. The molecule has 88 valence electrons. The molecule has 0 spiro atoms. The number of rotatable bonds is 3. The molecule has 0 amide bonds. The van der Waals surface area contributed by atoms with E-state index in [-0.39, 0.29) is 4.90 Å². The molecule has 0 radical (unpaired) electrons. The lowest BCUT2D eigenvalue weighted by Gasteiger charge is -1.98. The van der Waals surface area contributed by atoms with Crippen molar-refractivity contribution >= 4 is 33.5 Å². The Balaban J connectivity index is 2.19. The number of primary sulfonamides is 1. The fourth-order valence-electron chi connectivity index (χ4n) is 1.33. The van der Waals surface area contributed by atoms with Crippen LogP contribution in [0.25, 0.3) is 12.2 Å². The summed E-state index contributed by atoms with van der Waals surface area (Å²) >= 11 is 1.65. The van der Waals surface area contributed by atoms with Crippen molar-refractivity contribution in [3.8, 4) is 0 Å². The van der Waals surface area contributed by atoms with Crippen molar-refractivity contribution in [3.63, 3.8) is 0 Å². The molecular formula is C12H11NO2S2. The summed E-state index contributed by atoms with van der Waals surface area (Å²) in [6.07, 6.45) is 3.91. The first kappa shape index (κ1) is 12.0. The highest BCUT2D eigenvalue weighted by Gasteiger charge is 2.05. The third-order valence-electron chi connectivity index (χ3n) is 2.19. The molecule has 0 aliphatic carbocycles. The molecular weight excluding hydrogens is 254 g/mol. The molecule has 1 aromatic heterocycles. The van der Waals surface area contributed by atoms with Gasteiger partial charge in [0, 0.05) is 4.88 Å². The van der Waals surface area contributed by atoms with Gasteiger partial charge in [-0.05, 0) is 35.2 Å². The fourth-order valence-corrected chi connectivity index (χ4v) is 2.47. The first-order chi connectivity index (χ1) is 8.05. The summed E-state index contributed by atoms with van der Waals surface area (Å²) in [5.41, 5.74) is 0.936. The van der Waals surface area contributed by atoms with Crippen LogP contribution in [0.15, 0.2) is 46.7 Å². The molecule has 1 heterocycles. The molecule has 2 aromatic rings. The maximum absolute atomic E-state index is 11.1. The van der Waals surface area contributed by atoms with E-state index in [1.54, 1.807) is 23.5 Å². The second-order valence-electron chi connectivity index (χ2n) is 3.46. The minimum Gasteiger partial charge on any atom is -0.225 e. The molecule has 0 saturated carbocycles. The Bertz CT molecular complexity index is 611. The minimum absolute atomic E-state index is 0.130. The van der Waals surface area contributed by atoms with Crippen LogP contribution in [0.3, 0.4) is 0 Å². The van der Waals surface area contributed by atoms with Crippen molar-refractivity contribution in [3.05, 3.63) is 52.2 Å². The highest BCUT2D eigenvalue weighted by atomic mass is 32.2. The number of thiophene rings is 1. The molecule has 0 atom stereocenters. The van der Waals surface area contributed by atoms with E-state index in [9.17, 15) is 8.42 Å². The average Bonchev–Trinajstić information content (AvgIpc) is 2.78. The summed E-state index contributed by atoms with van der Waals surface area (Å²) in [5, 5.41) is 7.02. The standard InChI is InChI=1S/C12H11NO2S2/c13-17(14,15)12-7-4-10(5-8-12)3-6-11-2-1-9-16-11/h1-9H,(H2,13,14,15)/b6-3+. The number of hydrogen-bond acceptors (Lipinski definition) is 3. The van der Waals surface area contributed by atoms with Gasteiger partial charge in [-0.2, -0.15) is 0 Å². The van der Waals surface area contributed by atoms with Gasteiger partial charge < -0.3 is 0 Å². The number of benzene rings is 1. The largest absolute Gasteiger partial charge is 0.238 e. The summed E-state index contributed by atoms with van der Waals surface area (Å²) < 4.78 is 22.1. The molecule has 0 saturated heterocycles. The Morgan fingerprint density at radius 3 is 2.29 bits per heavy atom. The third kappa shape index (κ3) is 3.26. The SMILES string of the molecule is NS(=O)(=O)c1ccc(/C=C/c2cccs2)cc1. The molecule has 0 fully saturated rings. The second-order valence-corrected chi connectivity index (χ2v) is 6.00. The molecule has 0 aliphatic rings. The zero-order valence-electron chi connectivity index (χ0n) is 8.91. The van der Waals surface area contributed by atoms with Gasteiger partial charge in [0.1, 0.15) is 0 Å². The van der Waals surface area contributed by atoms with Gasteiger partial charge in [0.2, 0.25) is 10.0 Å². The van der Waals surface area contributed by atoms with E-state index in [2.05, 4.69) is 0 Å². The highest BCUT2D eigenvalue weighted by molar-refractivity contribution is 7.89. The number of sulfonamides is 1. The van der Waals surface area contributed by atoms with Crippen LogP contribution in [0.1, 0.15) is 10.4 Å². The Labute approximate surface area is 104 Å². The normalized spacial score (nSPS) is 12.1. The Hall–Kier alpha value is -1.43. The van der Waals surface area contributed by atoms with Crippen LogP contribution in [0.4, 0.5) is 0 Å². The van der Waals surface area contributed by atoms with E-state index in [0.29, 0.717) is 0 Å². The number of hydrogen-bond donors (Lipinski definition) is 1. The predicted molar refractivity (Wildman–Crippen MR) is 71.1 cm³/mol. The van der Waals surface area contributed by atoms with Crippen LogP contribution >= 0.6 is 11.3 Å². The van der Waals surface area contributed by atoms with Gasteiger partial charge in [0.05, 0.1) is 4.90 Å². The Morgan fingerprint density at radius 1 is 1.06 bits per heavy atom. The first-order valence-electron chi connectivity index (χ1n) is 4.90. The summed E-state index contributed by atoms with van der Waals surface area (Å²) in [5.74, 6) is 0. The second kappa shape index (κ2) is 4.83. The van der Waals surface area contributed by atoms with Crippen LogP contribution in [0.2, 0.25) is 0 Å². The van der Waals surface area contributed by atoms with Crippen LogP contribution < -0.4 is 5.14 Å². The first-order valence-corrected chi connectivity index (χ1v) is 7.33. The lowest BCUT2D eigenvalue weighted by molar-refractivity contribution is 0.598. The molecule has 5 heteroatoms. The van der Waals surface area contributed by atoms with Crippen molar-refractivity contribution in [2.45, 2.75) is 4.90 Å². The van der Waals surface area contributed by atoms with Gasteiger partial charge >= 0.3 is 0 Å². The lowest BCUT2D eigenvalue weighted by atomic mass is 10.2. The van der Waals surface area contributed by atoms with Crippen LogP contribution in [-0.2, 0) is 10.0 Å². The molecule has 0 aliphatic heterocycles. The smallest absolute Gasteiger partial charge is 0.225 e. The highest BCUT2D eigenvalue weighted by Crippen LogP contribution is 2.14. The zero-order valence-corrected chi connectivity index (χ0v) is 10.5. The quantitative estimate of drug-likeness (QED) is 0.927. The lowest BCUT2D eigenvalue weighted by Crippen LogP contribution is -2.11. The maximum atomic E-state index is 11.1. The summed E-state index contributed by atoms with van der Waals surface area (Å²) in [7, 11) is -3.60. The Morgan fingerprint density at radius 2 is 1.76 bits per heavy atom. The summed E-state index contributed by atoms with van der Waals surface area (Å²) in [4.78, 5) is 1.28. The van der Waals surface area contributed by atoms with Gasteiger partial charge in [-0.3, -0.25) is 0 Å². The van der Waals surface area contributed by atoms with Crippen molar-refractivity contribution in [1.82, 2.24) is 0 Å². The van der Waals surface area contributed by atoms with Crippen LogP contribution in [-0.4, -0.2) is 8.42 Å². The fraction of sp³-hybridized carbons (Fsp3) is 0. The van der Waals surface area contributed by atoms with Gasteiger partial charge in [-0.25, -0.2) is 13.6 Å². The van der Waals surface area contributed by atoms with Crippen LogP contribution in [0.5, 0.6) is 0 Å². The number of nitrogens with two attached hydrogens (primary N) is 1. The van der Waals surface area contributed by atoms with Crippen molar-refractivity contribution in [2.24, 2.45) is 5.14 Å². The van der Waals surface area contributed by atoms with Crippen molar-refractivity contribution in [1.29, 1.82) is 0 Å². The maximum Gasteiger partial charge on any atom is 0.238 e. The van der Waals surface area contributed by atoms with Crippen molar-refractivity contribution in [2.75, 3.05) is 0 Å². The molecule has 0 bridgehead atoms. The van der Waals surface area contributed by atoms with Gasteiger partial charge in [-0.15, -0.1) is 11.3 Å². The van der Waals surface area contributed by atoms with Gasteiger partial charge in [0.15, 0.2) is 0 Å². The Kier molecular flexibility index (Phi) is 3.42. The monoisotopic (exact) mass is 265 g/mol. The van der Waals surface area contributed by atoms with E-state index < -0.39 is 10.0 Å². The molecule has 2 N–H and O–H groups in total. The minimum atomic E-state index is -3.60. The third-order valence-corrected chi connectivity index (χ3v) is 3.96. The van der Waals surface area contributed by atoms with E-state index >= 15 is 0 Å². The average molecular weight is 265 g/mol. The van der Waals surface area contributed by atoms with E-state index in [1.807, 2.05) is 29.7 Å². The van der Waals surface area contributed by atoms with Crippen molar-refractivity contribution < 1.29 is 8.42 Å². The molecule has 17 heavy (non-hydrogen) atoms. The molecule has 3 nitrogen and oxygen atoms in total. The van der Waals surface area contributed by atoms with Gasteiger partial charge in [0.25, 0.3) is 0 Å². The van der Waals surface area contributed by atoms with Gasteiger partial charge in [-0.1, -0.05) is 24.3 Å². The summed E-state index contributed by atoms with van der Waals surface area (Å²) in [6.45, 7) is 0. The predicted octanol–water partition coefficient (Wildman–Crippen LogP) is 2.57. The topological polar surface area (TPSA) is 60.2 Å². The van der Waals surface area contributed by atoms with E-state index in [4.69, 9.17) is 5.14 Å².